The Bertz CT molecular complexity index is 481. The van der Waals surface area contributed by atoms with E-state index >= 15 is 0 Å². The first-order chi connectivity index (χ1) is 9.24. The monoisotopic (exact) mass is 296 g/mol. The molecule has 2 aliphatic heterocycles. The fourth-order valence-electron chi connectivity index (χ4n) is 2.88. The average molecular weight is 297 g/mol. The molecule has 0 aliphatic carbocycles. The number of nitrogens with one attached hydrogen (secondary N) is 1. The summed E-state index contributed by atoms with van der Waals surface area (Å²) in [5.74, 6) is 1.14. The third-order valence-electron chi connectivity index (χ3n) is 3.91. The van der Waals surface area contributed by atoms with E-state index in [1.807, 2.05) is 23.1 Å². The van der Waals surface area contributed by atoms with E-state index in [-0.39, 0.29) is 24.2 Å². The van der Waals surface area contributed by atoms with Gasteiger partial charge in [-0.15, -0.1) is 12.4 Å². The van der Waals surface area contributed by atoms with Gasteiger partial charge in [0.2, 0.25) is 5.91 Å². The van der Waals surface area contributed by atoms with Crippen LogP contribution in [0.1, 0.15) is 12.5 Å². The number of para-hydroxylation sites is 1. The van der Waals surface area contributed by atoms with Crippen molar-refractivity contribution >= 4 is 18.3 Å². The molecule has 2 heterocycles. The average Bonchev–Trinajstić information content (AvgIpc) is 2.46. The molecule has 0 radical (unpaired) electrons. The van der Waals surface area contributed by atoms with Crippen molar-refractivity contribution in [3.8, 4) is 5.75 Å². The van der Waals surface area contributed by atoms with Gasteiger partial charge in [0.25, 0.3) is 0 Å². The molecular formula is C15H21ClN2O2. The molecule has 4 nitrogen and oxygen atoms in total. The van der Waals surface area contributed by atoms with E-state index in [9.17, 15) is 4.79 Å². The zero-order chi connectivity index (χ0) is 13.2. The lowest BCUT2D eigenvalue weighted by Crippen LogP contribution is -2.53. The highest BCUT2D eigenvalue weighted by molar-refractivity contribution is 5.85. The molecule has 1 aromatic rings. The van der Waals surface area contributed by atoms with Crippen LogP contribution in [0.5, 0.6) is 5.75 Å². The number of hydrogen-bond donors (Lipinski definition) is 1. The second-order valence-electron chi connectivity index (χ2n) is 5.46. The predicted molar refractivity (Wildman–Crippen MR) is 80.4 cm³/mol. The Labute approximate surface area is 125 Å². The number of halogens is 1. The first-order valence-electron chi connectivity index (χ1n) is 6.97. The van der Waals surface area contributed by atoms with Gasteiger partial charge in [-0.25, -0.2) is 0 Å². The minimum absolute atomic E-state index is 0. The summed E-state index contributed by atoms with van der Waals surface area (Å²) in [5, 5.41) is 3.36. The van der Waals surface area contributed by atoms with Crippen molar-refractivity contribution in [3.05, 3.63) is 29.8 Å². The maximum Gasteiger partial charge on any atom is 0.229 e. The Kier molecular flexibility index (Phi) is 4.89. The molecule has 1 fully saturated rings. The Morgan fingerprint density at radius 3 is 3.00 bits per heavy atom. The van der Waals surface area contributed by atoms with Crippen molar-refractivity contribution in [2.75, 3.05) is 26.2 Å². The normalized spacial score (nSPS) is 25.1. The number of nitrogens with zero attached hydrogens (tertiary/aromatic N) is 1. The van der Waals surface area contributed by atoms with Gasteiger partial charge in [-0.2, -0.15) is 0 Å². The molecule has 5 heteroatoms. The minimum atomic E-state index is -0.0276. The van der Waals surface area contributed by atoms with Crippen LogP contribution in [0.15, 0.2) is 24.3 Å². The molecule has 1 unspecified atom stereocenters. The molecular weight excluding hydrogens is 276 g/mol. The number of piperazine rings is 1. The van der Waals surface area contributed by atoms with Crippen molar-refractivity contribution in [2.45, 2.75) is 19.4 Å². The van der Waals surface area contributed by atoms with E-state index in [1.165, 1.54) is 0 Å². The molecule has 3 rings (SSSR count). The number of hydrogen-bond acceptors (Lipinski definition) is 3. The number of carbonyl (C=O) groups excluding carboxylic acids is 1. The van der Waals surface area contributed by atoms with E-state index in [0.717, 1.165) is 37.4 Å². The first-order valence-corrected chi connectivity index (χ1v) is 6.97. The first kappa shape index (κ1) is 15.1. The SMILES string of the molecule is C[C@@H]1CN(C(=O)C2COc3ccccc3C2)CCN1.Cl. The van der Waals surface area contributed by atoms with Crippen LogP contribution in [0.4, 0.5) is 0 Å². The van der Waals surface area contributed by atoms with Crippen LogP contribution in [0.3, 0.4) is 0 Å². The second-order valence-corrected chi connectivity index (χ2v) is 5.46. The van der Waals surface area contributed by atoms with Crippen molar-refractivity contribution in [2.24, 2.45) is 5.92 Å². The van der Waals surface area contributed by atoms with Gasteiger partial charge in [0.1, 0.15) is 12.4 Å². The number of rotatable bonds is 1. The Morgan fingerprint density at radius 1 is 1.40 bits per heavy atom. The van der Waals surface area contributed by atoms with Crippen LogP contribution in [0.25, 0.3) is 0 Å². The summed E-state index contributed by atoms with van der Waals surface area (Å²) in [6.07, 6.45) is 0.799. The molecule has 2 atom stereocenters. The van der Waals surface area contributed by atoms with Gasteiger partial charge in [-0.3, -0.25) is 4.79 Å². The number of ether oxygens (including phenoxy) is 1. The standard InChI is InChI=1S/C15H20N2O2.ClH/c1-11-9-17(7-6-16-11)15(18)13-8-12-4-2-3-5-14(12)19-10-13;/h2-5,11,13,16H,6-10H2,1H3;1H/t11-,13?;/m1./s1. The van der Waals surface area contributed by atoms with E-state index in [1.54, 1.807) is 0 Å². The fourth-order valence-corrected chi connectivity index (χ4v) is 2.88. The Hall–Kier alpha value is -1.26. The Morgan fingerprint density at radius 2 is 2.20 bits per heavy atom. The lowest BCUT2D eigenvalue weighted by molar-refractivity contribution is -0.138. The van der Waals surface area contributed by atoms with Gasteiger partial charge in [0.15, 0.2) is 0 Å². The lowest BCUT2D eigenvalue weighted by atomic mass is 9.95. The third-order valence-corrected chi connectivity index (χ3v) is 3.91. The maximum absolute atomic E-state index is 12.5. The molecule has 2 aliphatic rings. The number of fused-ring (bicyclic) bond motifs is 1. The van der Waals surface area contributed by atoms with E-state index in [0.29, 0.717) is 12.6 Å². The molecule has 110 valence electrons. The van der Waals surface area contributed by atoms with Gasteiger partial charge in [0.05, 0.1) is 5.92 Å². The molecule has 1 aromatic carbocycles. The summed E-state index contributed by atoms with van der Waals surface area (Å²) >= 11 is 0. The molecule has 1 amide bonds. The summed E-state index contributed by atoms with van der Waals surface area (Å²) in [4.78, 5) is 14.5. The van der Waals surface area contributed by atoms with E-state index in [4.69, 9.17) is 4.74 Å². The summed E-state index contributed by atoms with van der Waals surface area (Å²) in [5.41, 5.74) is 1.15. The number of carbonyl (C=O) groups is 1. The highest BCUT2D eigenvalue weighted by atomic mass is 35.5. The summed E-state index contributed by atoms with van der Waals surface area (Å²) in [6.45, 7) is 5.12. The zero-order valence-corrected chi connectivity index (χ0v) is 12.5. The van der Waals surface area contributed by atoms with Gasteiger partial charge in [-0.05, 0) is 25.0 Å². The van der Waals surface area contributed by atoms with Crippen molar-refractivity contribution in [1.29, 1.82) is 0 Å². The number of amides is 1. The van der Waals surface area contributed by atoms with Gasteiger partial charge >= 0.3 is 0 Å². The van der Waals surface area contributed by atoms with Crippen LogP contribution in [0.2, 0.25) is 0 Å². The minimum Gasteiger partial charge on any atom is -0.492 e. The lowest BCUT2D eigenvalue weighted by Gasteiger charge is -2.35. The predicted octanol–water partition coefficient (Wildman–Crippen LogP) is 1.48. The quantitative estimate of drug-likeness (QED) is 0.853. The molecule has 20 heavy (non-hydrogen) atoms. The summed E-state index contributed by atoms with van der Waals surface area (Å²) in [7, 11) is 0. The van der Waals surface area contributed by atoms with Crippen LogP contribution in [-0.4, -0.2) is 43.1 Å². The zero-order valence-electron chi connectivity index (χ0n) is 11.7. The van der Waals surface area contributed by atoms with Gasteiger partial charge in [-0.1, -0.05) is 18.2 Å². The van der Waals surface area contributed by atoms with E-state index < -0.39 is 0 Å². The molecule has 1 saturated heterocycles. The smallest absolute Gasteiger partial charge is 0.229 e. The van der Waals surface area contributed by atoms with Crippen molar-refractivity contribution in [1.82, 2.24) is 10.2 Å². The molecule has 0 saturated carbocycles. The molecule has 0 spiro atoms. The number of benzene rings is 1. The van der Waals surface area contributed by atoms with Crippen LogP contribution >= 0.6 is 12.4 Å². The largest absolute Gasteiger partial charge is 0.492 e. The molecule has 0 bridgehead atoms. The van der Waals surface area contributed by atoms with Crippen LogP contribution in [0, 0.1) is 5.92 Å². The summed E-state index contributed by atoms with van der Waals surface area (Å²) < 4.78 is 5.71. The highest BCUT2D eigenvalue weighted by Crippen LogP contribution is 2.27. The van der Waals surface area contributed by atoms with Crippen molar-refractivity contribution < 1.29 is 9.53 Å². The summed E-state index contributed by atoms with van der Waals surface area (Å²) in [6, 6.07) is 8.38. The molecule has 0 aromatic heterocycles. The van der Waals surface area contributed by atoms with Gasteiger partial charge in [0, 0.05) is 25.7 Å². The van der Waals surface area contributed by atoms with Crippen molar-refractivity contribution in [3.63, 3.8) is 0 Å². The van der Waals surface area contributed by atoms with Crippen LogP contribution in [-0.2, 0) is 11.2 Å². The second kappa shape index (κ2) is 6.46. The van der Waals surface area contributed by atoms with E-state index in [2.05, 4.69) is 18.3 Å². The fraction of sp³-hybridized carbons (Fsp3) is 0.533. The molecule has 1 N–H and O–H groups in total. The van der Waals surface area contributed by atoms with Crippen LogP contribution < -0.4 is 10.1 Å². The maximum atomic E-state index is 12.5. The topological polar surface area (TPSA) is 41.6 Å². The Balaban J connectivity index is 0.00000147. The van der Waals surface area contributed by atoms with Gasteiger partial charge < -0.3 is 15.0 Å². The third kappa shape index (κ3) is 3.07. The highest BCUT2D eigenvalue weighted by Gasteiger charge is 2.31.